The fourth-order valence-corrected chi connectivity index (χ4v) is 4.56. The molecule has 0 radical (unpaired) electrons. The highest BCUT2D eigenvalue weighted by Crippen LogP contribution is 2.44. The number of aliphatic carboxylic acids is 1. The molecule has 3 aromatic carbocycles. The van der Waals surface area contributed by atoms with E-state index in [1.807, 2.05) is 36.4 Å². The lowest BCUT2D eigenvalue weighted by atomic mass is 9.98. The van der Waals surface area contributed by atoms with Gasteiger partial charge in [0, 0.05) is 12.5 Å². The van der Waals surface area contributed by atoms with Crippen LogP contribution >= 0.6 is 0 Å². The van der Waals surface area contributed by atoms with E-state index < -0.39 is 24.0 Å². The summed E-state index contributed by atoms with van der Waals surface area (Å²) in [6.07, 6.45) is -0.251. The van der Waals surface area contributed by atoms with Gasteiger partial charge < -0.3 is 14.7 Å². The van der Waals surface area contributed by atoms with Crippen LogP contribution in [0.4, 0.5) is 10.5 Å². The smallest absolute Gasteiger partial charge is 0.411 e. The van der Waals surface area contributed by atoms with Gasteiger partial charge in [-0.15, -0.1) is 0 Å². The number of rotatable bonds is 5. The van der Waals surface area contributed by atoms with Crippen molar-refractivity contribution in [2.75, 3.05) is 18.5 Å². The lowest BCUT2D eigenvalue weighted by Gasteiger charge is -2.38. The second kappa shape index (κ2) is 8.43. The number of fused-ring (bicyclic) bond motifs is 3. The molecule has 0 aromatic heterocycles. The summed E-state index contributed by atoms with van der Waals surface area (Å²) in [5.74, 6) is -1.53. The summed E-state index contributed by atoms with van der Waals surface area (Å²) in [4.78, 5) is 38.1. The predicted molar refractivity (Wildman–Crippen MR) is 122 cm³/mol. The van der Waals surface area contributed by atoms with Crippen LogP contribution in [0.15, 0.2) is 72.8 Å². The minimum Gasteiger partial charge on any atom is -0.480 e. The Morgan fingerprint density at radius 2 is 1.52 bits per heavy atom. The molecule has 0 saturated carbocycles. The minimum absolute atomic E-state index is 0.0718. The molecular weight excluding hydrogens is 420 g/mol. The molecule has 2 aliphatic rings. The molecule has 2 amide bonds. The number of ether oxygens (including phenoxy) is 1. The van der Waals surface area contributed by atoms with Gasteiger partial charge in [0.15, 0.2) is 0 Å². The fourth-order valence-electron chi connectivity index (χ4n) is 4.56. The second-order valence-electron chi connectivity index (χ2n) is 8.14. The predicted octanol–water partition coefficient (Wildman–Crippen LogP) is 4.35. The Labute approximate surface area is 190 Å². The molecule has 1 heterocycles. The number of nitrogens with one attached hydrogen (secondary N) is 1. The highest BCUT2D eigenvalue weighted by molar-refractivity contribution is 6.04. The van der Waals surface area contributed by atoms with Gasteiger partial charge in [-0.3, -0.25) is 10.1 Å². The summed E-state index contributed by atoms with van der Waals surface area (Å²) in [6, 6.07) is 21.9. The first kappa shape index (κ1) is 20.8. The van der Waals surface area contributed by atoms with Crippen LogP contribution in [0.2, 0.25) is 0 Å². The highest BCUT2D eigenvalue weighted by atomic mass is 16.5. The Hall–Kier alpha value is -4.13. The van der Waals surface area contributed by atoms with Crippen LogP contribution in [0.25, 0.3) is 11.1 Å². The average Bonchev–Trinajstić information content (AvgIpc) is 3.11. The number of hydrogen-bond acceptors (Lipinski definition) is 4. The Morgan fingerprint density at radius 3 is 2.12 bits per heavy atom. The number of carboxylic acids is 1. The lowest BCUT2D eigenvalue weighted by Crippen LogP contribution is -2.55. The number of amides is 2. The lowest BCUT2D eigenvalue weighted by molar-refractivity contribution is -0.146. The number of nitrogens with zero attached hydrogens (tertiary/aromatic N) is 1. The molecule has 2 N–H and O–H groups in total. The van der Waals surface area contributed by atoms with Crippen molar-refractivity contribution in [1.82, 2.24) is 4.90 Å². The maximum absolute atomic E-state index is 12.9. The van der Waals surface area contributed by atoms with Gasteiger partial charge in [-0.05, 0) is 40.8 Å². The molecule has 1 fully saturated rings. The number of anilines is 1. The van der Waals surface area contributed by atoms with Crippen LogP contribution in [0.1, 0.15) is 33.8 Å². The zero-order chi connectivity index (χ0) is 22.9. The van der Waals surface area contributed by atoms with Crippen LogP contribution in [0.5, 0.6) is 0 Å². The normalized spacial score (nSPS) is 16.4. The molecule has 1 saturated heterocycles. The summed E-state index contributed by atoms with van der Waals surface area (Å²) >= 11 is 0. The molecule has 7 heteroatoms. The van der Waals surface area contributed by atoms with Gasteiger partial charge in [-0.1, -0.05) is 60.7 Å². The van der Waals surface area contributed by atoms with Crippen molar-refractivity contribution < 1.29 is 24.2 Å². The van der Waals surface area contributed by atoms with Crippen molar-refractivity contribution in [3.05, 3.63) is 89.5 Å². The van der Waals surface area contributed by atoms with Crippen molar-refractivity contribution in [3.8, 4) is 11.1 Å². The van der Waals surface area contributed by atoms with Gasteiger partial charge in [0.1, 0.15) is 12.6 Å². The number of hydrogen-bond donors (Lipinski definition) is 2. The molecule has 5 rings (SSSR count). The first-order valence-corrected chi connectivity index (χ1v) is 10.8. The zero-order valence-corrected chi connectivity index (χ0v) is 17.7. The Balaban J connectivity index is 1.29. The molecule has 1 aliphatic carbocycles. The summed E-state index contributed by atoms with van der Waals surface area (Å²) in [7, 11) is 0. The fraction of sp³-hybridized carbons (Fsp3) is 0.192. The molecule has 33 heavy (non-hydrogen) atoms. The van der Waals surface area contributed by atoms with Crippen LogP contribution < -0.4 is 5.32 Å². The molecule has 1 atom stereocenters. The number of likely N-dealkylation sites (tertiary alicyclic amines) is 1. The molecule has 1 unspecified atom stereocenters. The van der Waals surface area contributed by atoms with E-state index in [0.29, 0.717) is 13.0 Å². The molecule has 3 aromatic rings. The average molecular weight is 442 g/mol. The van der Waals surface area contributed by atoms with Crippen molar-refractivity contribution in [1.29, 1.82) is 0 Å². The maximum atomic E-state index is 12.9. The number of carbonyl (C=O) groups is 3. The van der Waals surface area contributed by atoms with Crippen LogP contribution in [-0.4, -0.2) is 47.2 Å². The van der Waals surface area contributed by atoms with Crippen LogP contribution in [0, 0.1) is 0 Å². The van der Waals surface area contributed by atoms with Gasteiger partial charge >= 0.3 is 12.1 Å². The summed E-state index contributed by atoms with van der Waals surface area (Å²) in [5.41, 5.74) is 5.02. The summed E-state index contributed by atoms with van der Waals surface area (Å²) in [5, 5.41) is 11.9. The second-order valence-corrected chi connectivity index (χ2v) is 8.14. The van der Waals surface area contributed by atoms with Crippen molar-refractivity contribution in [3.63, 3.8) is 0 Å². The summed E-state index contributed by atoms with van der Waals surface area (Å²) < 4.78 is 5.57. The van der Waals surface area contributed by atoms with E-state index >= 15 is 0 Å². The third-order valence-corrected chi connectivity index (χ3v) is 6.30. The first-order valence-electron chi connectivity index (χ1n) is 10.8. The Kier molecular flexibility index (Phi) is 5.30. The van der Waals surface area contributed by atoms with Crippen LogP contribution in [0.3, 0.4) is 0 Å². The Morgan fingerprint density at radius 1 is 0.909 bits per heavy atom. The van der Waals surface area contributed by atoms with Crippen LogP contribution in [-0.2, 0) is 9.53 Å². The quantitative estimate of drug-likeness (QED) is 0.613. The number of para-hydroxylation sites is 1. The van der Waals surface area contributed by atoms with E-state index in [4.69, 9.17) is 4.74 Å². The first-order chi connectivity index (χ1) is 16.0. The SMILES string of the molecule is O=C(Nc1ccccc1C(=O)N1CCC1C(=O)O)OCC1c2ccccc2-c2ccccc21. The highest BCUT2D eigenvalue weighted by Gasteiger charge is 2.38. The number of benzene rings is 3. The van der Waals surface area contributed by atoms with Gasteiger partial charge in [0.2, 0.25) is 0 Å². The molecule has 0 spiro atoms. The molecule has 1 aliphatic heterocycles. The zero-order valence-electron chi connectivity index (χ0n) is 17.7. The Bertz CT molecular complexity index is 1210. The van der Waals surface area contributed by atoms with E-state index in [1.54, 1.807) is 24.3 Å². The van der Waals surface area contributed by atoms with E-state index in [9.17, 15) is 19.5 Å². The summed E-state index contributed by atoms with van der Waals surface area (Å²) in [6.45, 7) is 0.526. The monoisotopic (exact) mass is 442 g/mol. The molecular formula is C26H22N2O5. The van der Waals surface area contributed by atoms with Gasteiger partial charge in [0.05, 0.1) is 11.3 Å². The number of carboxylic acid groups (broad SMARTS) is 1. The van der Waals surface area contributed by atoms with Gasteiger partial charge in [-0.2, -0.15) is 0 Å². The van der Waals surface area contributed by atoms with E-state index in [1.165, 1.54) is 4.90 Å². The van der Waals surface area contributed by atoms with Gasteiger partial charge in [0.25, 0.3) is 5.91 Å². The van der Waals surface area contributed by atoms with Crippen molar-refractivity contribution in [2.45, 2.75) is 18.4 Å². The van der Waals surface area contributed by atoms with E-state index in [2.05, 4.69) is 17.4 Å². The molecule has 166 valence electrons. The topological polar surface area (TPSA) is 95.9 Å². The van der Waals surface area contributed by atoms with Gasteiger partial charge in [-0.25, -0.2) is 9.59 Å². The largest absolute Gasteiger partial charge is 0.480 e. The minimum atomic E-state index is -1.03. The van der Waals surface area contributed by atoms with E-state index in [-0.39, 0.29) is 23.8 Å². The third kappa shape index (κ3) is 3.71. The van der Waals surface area contributed by atoms with Crippen molar-refractivity contribution in [2.24, 2.45) is 0 Å². The van der Waals surface area contributed by atoms with Crippen molar-refractivity contribution >= 4 is 23.7 Å². The van der Waals surface area contributed by atoms with E-state index in [0.717, 1.165) is 22.3 Å². The standard InChI is InChI=1S/C26H22N2O5/c29-24(28-14-13-23(28)25(30)31)20-11-5-6-12-22(20)27-26(32)33-15-21-18-9-3-1-7-16(18)17-8-2-4-10-19(17)21/h1-12,21,23H,13-15H2,(H,27,32)(H,30,31). The maximum Gasteiger partial charge on any atom is 0.411 e. The third-order valence-electron chi connectivity index (χ3n) is 6.30. The number of carbonyl (C=O) groups excluding carboxylic acids is 2. The molecule has 0 bridgehead atoms. The molecule has 7 nitrogen and oxygen atoms in total.